The Hall–Kier alpha value is -2.02. The normalized spacial score (nSPS) is 11.4. The zero-order valence-electron chi connectivity index (χ0n) is 12.3. The first-order valence-electron chi connectivity index (χ1n) is 6.75. The van der Waals surface area contributed by atoms with Gasteiger partial charge in [-0.3, -0.25) is 9.67 Å². The van der Waals surface area contributed by atoms with Crippen molar-refractivity contribution in [3.63, 3.8) is 0 Å². The van der Waals surface area contributed by atoms with Crippen molar-refractivity contribution in [2.24, 2.45) is 12.0 Å². The Morgan fingerprint density at radius 2 is 2.10 bits per heavy atom. The molecule has 0 aliphatic heterocycles. The van der Waals surface area contributed by atoms with Gasteiger partial charge >= 0.3 is 0 Å². The molecule has 0 unspecified atom stereocenters. The number of nitrogens with zero attached hydrogens (tertiary/aromatic N) is 4. The average Bonchev–Trinajstić information content (AvgIpc) is 2.93. The van der Waals surface area contributed by atoms with E-state index in [0.717, 1.165) is 24.1 Å². The first-order valence-corrected chi connectivity index (χ1v) is 7.73. The van der Waals surface area contributed by atoms with Crippen LogP contribution in [0, 0.1) is 0 Å². The number of guanidine groups is 1. The summed E-state index contributed by atoms with van der Waals surface area (Å²) < 4.78 is 1.74. The van der Waals surface area contributed by atoms with Crippen LogP contribution in [-0.4, -0.2) is 40.1 Å². The number of hydrogen-bond acceptors (Lipinski definition) is 4. The third-order valence-electron chi connectivity index (χ3n) is 2.85. The molecule has 0 spiro atoms. The van der Waals surface area contributed by atoms with Crippen LogP contribution >= 0.6 is 11.8 Å². The molecule has 112 valence electrons. The Morgan fingerprint density at radius 1 is 1.29 bits per heavy atom. The maximum absolute atomic E-state index is 4.19. The highest BCUT2D eigenvalue weighted by Crippen LogP contribution is 2.15. The predicted molar refractivity (Wildman–Crippen MR) is 86.4 cm³/mol. The van der Waals surface area contributed by atoms with Crippen LogP contribution in [0.15, 0.2) is 46.5 Å². The van der Waals surface area contributed by atoms with Crippen molar-refractivity contribution < 1.29 is 0 Å². The molecule has 0 aliphatic rings. The highest BCUT2D eigenvalue weighted by Gasteiger charge is 2.02. The first kappa shape index (κ1) is 15.4. The molecule has 0 bridgehead atoms. The molecular weight excluding hydrogens is 284 g/mol. The van der Waals surface area contributed by atoms with Gasteiger partial charge in [0, 0.05) is 31.3 Å². The van der Waals surface area contributed by atoms with Crippen molar-refractivity contribution in [2.45, 2.75) is 11.4 Å². The lowest BCUT2D eigenvalue weighted by atomic mass is 10.4. The zero-order chi connectivity index (χ0) is 14.9. The van der Waals surface area contributed by atoms with Gasteiger partial charge in [-0.15, -0.1) is 11.8 Å². The Kier molecular flexibility index (Phi) is 6.08. The van der Waals surface area contributed by atoms with Crippen molar-refractivity contribution >= 4 is 17.7 Å². The summed E-state index contributed by atoms with van der Waals surface area (Å²) in [7, 11) is 3.63. The summed E-state index contributed by atoms with van der Waals surface area (Å²) in [5.41, 5.74) is 0. The van der Waals surface area contributed by atoms with Crippen LogP contribution in [0.1, 0.15) is 5.82 Å². The number of aromatic nitrogens is 3. The molecule has 0 atom stereocenters. The molecule has 2 rings (SSSR count). The lowest BCUT2D eigenvalue weighted by Crippen LogP contribution is -2.38. The van der Waals surface area contributed by atoms with E-state index in [1.54, 1.807) is 18.1 Å². The Labute approximate surface area is 129 Å². The molecule has 1 aromatic carbocycles. The van der Waals surface area contributed by atoms with Crippen LogP contribution in [-0.2, 0) is 13.6 Å². The van der Waals surface area contributed by atoms with Gasteiger partial charge in [-0.25, -0.2) is 4.98 Å². The maximum Gasteiger partial charge on any atom is 0.191 e. The number of aliphatic imine (C=N–C) groups is 1. The predicted octanol–water partition coefficient (Wildman–Crippen LogP) is 1.27. The van der Waals surface area contributed by atoms with Crippen LogP contribution in [0.4, 0.5) is 0 Å². The van der Waals surface area contributed by atoms with Gasteiger partial charge in [0.2, 0.25) is 0 Å². The topological polar surface area (TPSA) is 67.1 Å². The highest BCUT2D eigenvalue weighted by atomic mass is 32.2. The van der Waals surface area contributed by atoms with E-state index in [0.29, 0.717) is 6.54 Å². The number of thioether (sulfide) groups is 1. The zero-order valence-corrected chi connectivity index (χ0v) is 13.1. The van der Waals surface area contributed by atoms with Gasteiger partial charge < -0.3 is 10.6 Å². The van der Waals surface area contributed by atoms with Gasteiger partial charge in [-0.2, -0.15) is 5.10 Å². The van der Waals surface area contributed by atoms with Gasteiger partial charge in [-0.05, 0) is 12.1 Å². The number of hydrogen-bond donors (Lipinski definition) is 2. The van der Waals surface area contributed by atoms with Gasteiger partial charge in [0.1, 0.15) is 12.2 Å². The molecule has 6 nitrogen and oxygen atoms in total. The second-order valence-corrected chi connectivity index (χ2v) is 5.48. The standard InChI is InChI=1S/C14H20N6S/c1-15-14(17-10-13-18-11-19-20(13)2)16-8-9-21-12-6-4-3-5-7-12/h3-7,11H,8-10H2,1-2H3,(H2,15,16,17). The van der Waals surface area contributed by atoms with E-state index in [4.69, 9.17) is 0 Å². The minimum atomic E-state index is 0.599. The van der Waals surface area contributed by atoms with E-state index in [9.17, 15) is 0 Å². The fourth-order valence-electron chi connectivity index (χ4n) is 1.72. The molecule has 0 amide bonds. The summed E-state index contributed by atoms with van der Waals surface area (Å²) in [4.78, 5) is 9.63. The van der Waals surface area contributed by atoms with E-state index < -0.39 is 0 Å². The summed E-state index contributed by atoms with van der Waals surface area (Å²) in [6.45, 7) is 1.44. The van der Waals surface area contributed by atoms with E-state index >= 15 is 0 Å². The van der Waals surface area contributed by atoms with Crippen LogP contribution in [0.3, 0.4) is 0 Å². The lowest BCUT2D eigenvalue weighted by molar-refractivity contribution is 0.674. The van der Waals surface area contributed by atoms with Crippen molar-refractivity contribution in [3.05, 3.63) is 42.5 Å². The van der Waals surface area contributed by atoms with Crippen LogP contribution in [0.5, 0.6) is 0 Å². The van der Waals surface area contributed by atoms with Gasteiger partial charge in [0.05, 0.1) is 6.54 Å². The molecule has 2 N–H and O–H groups in total. The van der Waals surface area contributed by atoms with E-state index in [2.05, 4.69) is 50.0 Å². The summed E-state index contributed by atoms with van der Waals surface area (Å²) >= 11 is 1.82. The summed E-state index contributed by atoms with van der Waals surface area (Å²) in [6.07, 6.45) is 1.55. The molecule has 0 fully saturated rings. The number of benzene rings is 1. The number of aryl methyl sites for hydroxylation is 1. The molecule has 1 heterocycles. The highest BCUT2D eigenvalue weighted by molar-refractivity contribution is 7.99. The van der Waals surface area contributed by atoms with E-state index in [-0.39, 0.29) is 0 Å². The molecule has 2 aromatic rings. The van der Waals surface area contributed by atoms with E-state index in [1.807, 2.05) is 24.9 Å². The maximum atomic E-state index is 4.19. The third kappa shape index (κ3) is 5.11. The van der Waals surface area contributed by atoms with Crippen molar-refractivity contribution in [3.8, 4) is 0 Å². The van der Waals surface area contributed by atoms with Crippen molar-refractivity contribution in [1.82, 2.24) is 25.4 Å². The largest absolute Gasteiger partial charge is 0.356 e. The lowest BCUT2D eigenvalue weighted by Gasteiger charge is -2.11. The summed E-state index contributed by atoms with van der Waals surface area (Å²) in [5.74, 6) is 2.62. The molecular formula is C14H20N6S. The monoisotopic (exact) mass is 304 g/mol. The Bertz CT molecular complexity index is 566. The molecule has 0 saturated heterocycles. The molecule has 0 aliphatic carbocycles. The molecule has 7 heteroatoms. The SMILES string of the molecule is CN=C(NCCSc1ccccc1)NCc1ncnn1C. The average molecular weight is 304 g/mol. The molecule has 21 heavy (non-hydrogen) atoms. The quantitative estimate of drug-likeness (QED) is 0.364. The van der Waals surface area contributed by atoms with Crippen molar-refractivity contribution in [1.29, 1.82) is 0 Å². The third-order valence-corrected chi connectivity index (χ3v) is 3.86. The van der Waals surface area contributed by atoms with Gasteiger partial charge in [-0.1, -0.05) is 18.2 Å². The van der Waals surface area contributed by atoms with Crippen LogP contribution < -0.4 is 10.6 Å². The Balaban J connectivity index is 1.67. The second-order valence-electron chi connectivity index (χ2n) is 4.31. The molecule has 0 saturated carbocycles. The summed E-state index contributed by atoms with van der Waals surface area (Å²) in [5, 5.41) is 10.5. The fraction of sp³-hybridized carbons (Fsp3) is 0.357. The molecule has 1 aromatic heterocycles. The minimum Gasteiger partial charge on any atom is -0.356 e. The van der Waals surface area contributed by atoms with Crippen molar-refractivity contribution in [2.75, 3.05) is 19.3 Å². The Morgan fingerprint density at radius 3 is 2.76 bits per heavy atom. The minimum absolute atomic E-state index is 0.599. The van der Waals surface area contributed by atoms with Gasteiger partial charge in [0.15, 0.2) is 5.96 Å². The second kappa shape index (κ2) is 8.31. The summed E-state index contributed by atoms with van der Waals surface area (Å²) in [6, 6.07) is 10.4. The van der Waals surface area contributed by atoms with E-state index in [1.165, 1.54) is 4.90 Å². The first-order chi connectivity index (χ1) is 10.3. The van der Waals surface area contributed by atoms with Crippen LogP contribution in [0.25, 0.3) is 0 Å². The smallest absolute Gasteiger partial charge is 0.191 e. The number of rotatable bonds is 6. The molecule has 0 radical (unpaired) electrons. The van der Waals surface area contributed by atoms with Crippen LogP contribution in [0.2, 0.25) is 0 Å². The number of nitrogens with one attached hydrogen (secondary N) is 2. The van der Waals surface area contributed by atoms with Gasteiger partial charge in [0.25, 0.3) is 0 Å². The fourth-order valence-corrected chi connectivity index (χ4v) is 2.51.